The molecule has 4 heterocycles. The van der Waals surface area contributed by atoms with Crippen molar-refractivity contribution >= 4 is 22.5 Å². The predicted molar refractivity (Wildman–Crippen MR) is 106 cm³/mol. The van der Waals surface area contributed by atoms with E-state index in [1.165, 1.54) is 6.07 Å². The molecule has 3 aromatic rings. The molecular weight excluding hydrogens is 374 g/mol. The summed E-state index contributed by atoms with van der Waals surface area (Å²) in [6, 6.07) is 10.7. The first kappa shape index (κ1) is 17.9. The summed E-state index contributed by atoms with van der Waals surface area (Å²) in [4.78, 5) is 27.6. The summed E-state index contributed by atoms with van der Waals surface area (Å²) in [5.74, 6) is -0.00102. The van der Waals surface area contributed by atoms with E-state index in [1.54, 1.807) is 15.3 Å². The molecular formula is C20H20N5O4-. The number of anilines is 1. The average Bonchev–Trinajstić information content (AvgIpc) is 3.05. The lowest BCUT2D eigenvalue weighted by molar-refractivity contribution is 0.0590. The smallest absolute Gasteiger partial charge is 0.275 e. The van der Waals surface area contributed by atoms with Gasteiger partial charge in [0.25, 0.3) is 11.5 Å². The van der Waals surface area contributed by atoms with Crippen LogP contribution in [-0.2, 0) is 13.6 Å². The Morgan fingerprint density at radius 2 is 2.00 bits per heavy atom. The molecule has 150 valence electrons. The Hall–Kier alpha value is -3.17. The number of pyridine rings is 1. The van der Waals surface area contributed by atoms with Gasteiger partial charge in [-0.15, -0.1) is 0 Å². The molecule has 5 rings (SSSR count). The molecule has 1 aromatic carbocycles. The van der Waals surface area contributed by atoms with Crippen LogP contribution in [0.25, 0.3) is 10.9 Å². The minimum absolute atomic E-state index is 0.00183. The number of rotatable bonds is 2. The van der Waals surface area contributed by atoms with Gasteiger partial charge in [-0.3, -0.25) is 19.5 Å². The monoisotopic (exact) mass is 394 g/mol. The Kier molecular flexibility index (Phi) is 3.97. The van der Waals surface area contributed by atoms with Gasteiger partial charge in [0.05, 0.1) is 5.52 Å². The number of piperidine rings is 1. The highest BCUT2D eigenvalue weighted by atomic mass is 16.8. The number of hydrogen-bond donors (Lipinski definition) is 1. The van der Waals surface area contributed by atoms with Crippen LogP contribution in [0, 0.1) is 11.1 Å². The summed E-state index contributed by atoms with van der Waals surface area (Å²) in [5.41, 5.74) is 1.36. The van der Waals surface area contributed by atoms with Crippen LogP contribution < -0.4 is 10.8 Å². The van der Waals surface area contributed by atoms with Crippen LogP contribution in [0.15, 0.2) is 41.2 Å². The van der Waals surface area contributed by atoms with Crippen molar-refractivity contribution in [2.75, 3.05) is 18.3 Å². The van der Waals surface area contributed by atoms with Crippen molar-refractivity contribution in [2.45, 2.75) is 18.9 Å². The molecule has 0 aliphatic carbocycles. The second-order valence-electron chi connectivity index (χ2n) is 7.83. The lowest BCUT2D eigenvalue weighted by Gasteiger charge is -2.43. The van der Waals surface area contributed by atoms with Crippen molar-refractivity contribution in [1.29, 1.82) is 0 Å². The quantitative estimate of drug-likeness (QED) is 0.663. The topological polar surface area (TPSA) is 107 Å². The van der Waals surface area contributed by atoms with E-state index in [2.05, 4.69) is 5.10 Å². The lowest BCUT2D eigenvalue weighted by atomic mass is 9.83. The number of fused-ring (bicyclic) bond motifs is 5. The van der Waals surface area contributed by atoms with Gasteiger partial charge in [-0.05, 0) is 30.5 Å². The molecule has 0 radical (unpaired) electrons. The summed E-state index contributed by atoms with van der Waals surface area (Å²) in [5, 5.41) is 25.2. The Morgan fingerprint density at radius 1 is 1.21 bits per heavy atom. The van der Waals surface area contributed by atoms with Gasteiger partial charge >= 0.3 is 0 Å². The highest BCUT2D eigenvalue weighted by Crippen LogP contribution is 2.36. The maximum Gasteiger partial charge on any atom is 0.275 e. The zero-order chi connectivity index (χ0) is 20.3. The van der Waals surface area contributed by atoms with Crippen LogP contribution in [0.3, 0.4) is 0 Å². The zero-order valence-corrected chi connectivity index (χ0v) is 15.9. The van der Waals surface area contributed by atoms with E-state index in [4.69, 9.17) is 5.21 Å². The number of nitrogens with zero attached hydrogens (tertiary/aromatic N) is 5. The standard InChI is InChI=1S/C20H20N5O4/c1-22-16-5-3-2-4-14(16)18(21-22)20(27)23-9-12-8-13(11-23)15-6-7-17(25(28)29)19(26)24(15)10-12/h2-7,12-13,28H,8-11H2,1H3/q-1/t12-,13-/m0/s1. The minimum Gasteiger partial charge on any atom is -0.733 e. The van der Waals surface area contributed by atoms with Crippen LogP contribution in [0.2, 0.25) is 0 Å². The van der Waals surface area contributed by atoms with Crippen LogP contribution in [0.1, 0.15) is 28.5 Å². The lowest BCUT2D eigenvalue weighted by Crippen LogP contribution is -2.49. The van der Waals surface area contributed by atoms with Crippen molar-refractivity contribution in [3.05, 3.63) is 63.3 Å². The van der Waals surface area contributed by atoms with Gasteiger partial charge in [-0.2, -0.15) is 5.10 Å². The number of amides is 1. The van der Waals surface area contributed by atoms with E-state index in [9.17, 15) is 14.8 Å². The summed E-state index contributed by atoms with van der Waals surface area (Å²) in [6.45, 7) is 1.43. The maximum absolute atomic E-state index is 13.3. The van der Waals surface area contributed by atoms with Gasteiger partial charge < -0.3 is 19.9 Å². The maximum atomic E-state index is 13.3. The Labute approximate surface area is 165 Å². The van der Waals surface area contributed by atoms with Crippen molar-refractivity contribution in [2.24, 2.45) is 13.0 Å². The first-order valence-electron chi connectivity index (χ1n) is 9.55. The molecule has 0 saturated carbocycles. The number of aromatic nitrogens is 3. The molecule has 2 aromatic heterocycles. The third-order valence-electron chi connectivity index (χ3n) is 6.04. The fourth-order valence-corrected chi connectivity index (χ4v) is 4.77. The van der Waals surface area contributed by atoms with Crippen LogP contribution in [0.5, 0.6) is 0 Å². The van der Waals surface area contributed by atoms with Crippen molar-refractivity contribution in [1.82, 2.24) is 19.2 Å². The van der Waals surface area contributed by atoms with E-state index >= 15 is 0 Å². The zero-order valence-electron chi connectivity index (χ0n) is 15.9. The number of likely N-dealkylation sites (tertiary alicyclic amines) is 1. The van der Waals surface area contributed by atoms with Crippen molar-refractivity contribution in [3.63, 3.8) is 0 Å². The number of benzene rings is 1. The molecule has 1 N–H and O–H groups in total. The molecule has 2 aliphatic rings. The van der Waals surface area contributed by atoms with E-state index in [0.29, 0.717) is 25.3 Å². The Bertz CT molecular complexity index is 1180. The number of aryl methyl sites for hydroxylation is 1. The molecule has 2 bridgehead atoms. The Morgan fingerprint density at radius 3 is 2.79 bits per heavy atom. The summed E-state index contributed by atoms with van der Waals surface area (Å²) < 4.78 is 3.28. The van der Waals surface area contributed by atoms with Crippen LogP contribution in [-0.4, -0.2) is 43.5 Å². The number of para-hydroxylation sites is 1. The Balaban J connectivity index is 1.48. The van der Waals surface area contributed by atoms with E-state index in [0.717, 1.165) is 23.0 Å². The molecule has 2 aliphatic heterocycles. The van der Waals surface area contributed by atoms with Gasteiger partial charge in [-0.1, -0.05) is 18.2 Å². The number of carbonyl (C=O) groups is 1. The second-order valence-corrected chi connectivity index (χ2v) is 7.83. The van der Waals surface area contributed by atoms with Crippen molar-refractivity contribution in [3.8, 4) is 0 Å². The van der Waals surface area contributed by atoms with E-state index in [1.807, 2.05) is 36.2 Å². The number of carbonyl (C=O) groups excluding carboxylic acids is 1. The molecule has 0 spiro atoms. The van der Waals surface area contributed by atoms with Gasteiger partial charge in [0.15, 0.2) is 5.69 Å². The second kappa shape index (κ2) is 6.43. The summed E-state index contributed by atoms with van der Waals surface area (Å²) >= 11 is 0. The van der Waals surface area contributed by atoms with E-state index < -0.39 is 5.56 Å². The van der Waals surface area contributed by atoms with Gasteiger partial charge in [-0.25, -0.2) is 0 Å². The van der Waals surface area contributed by atoms with Crippen molar-refractivity contribution < 1.29 is 10.0 Å². The van der Waals surface area contributed by atoms with E-state index in [-0.39, 0.29) is 28.7 Å². The third kappa shape index (κ3) is 2.73. The first-order chi connectivity index (χ1) is 13.9. The van der Waals surface area contributed by atoms with Crippen LogP contribution in [0.4, 0.5) is 5.69 Å². The molecule has 1 amide bonds. The van der Waals surface area contributed by atoms with Crippen LogP contribution >= 0.6 is 0 Å². The molecule has 1 saturated heterocycles. The highest BCUT2D eigenvalue weighted by Gasteiger charge is 2.37. The average molecular weight is 394 g/mol. The molecule has 0 unspecified atom stereocenters. The minimum atomic E-state index is -0.495. The third-order valence-corrected chi connectivity index (χ3v) is 6.04. The molecule has 2 atom stereocenters. The molecule has 29 heavy (non-hydrogen) atoms. The molecule has 1 fully saturated rings. The predicted octanol–water partition coefficient (Wildman–Crippen LogP) is 1.69. The molecule has 9 nitrogen and oxygen atoms in total. The normalized spacial score (nSPS) is 20.6. The van der Waals surface area contributed by atoms with Gasteiger partial charge in [0, 0.05) is 43.7 Å². The highest BCUT2D eigenvalue weighted by molar-refractivity contribution is 6.04. The SMILES string of the molecule is Cn1nc(C(=O)N2C[C@@H]3C[C@@H](C2)c2ccc(N([O-])O)c(=O)n2C3)c2ccccc21. The summed E-state index contributed by atoms with van der Waals surface area (Å²) in [7, 11) is 1.82. The fourth-order valence-electron chi connectivity index (χ4n) is 4.77. The first-order valence-corrected chi connectivity index (χ1v) is 9.55. The molecule has 9 heteroatoms. The number of hydrogen-bond acceptors (Lipinski definition) is 6. The van der Waals surface area contributed by atoms with Gasteiger partial charge in [0.1, 0.15) is 5.69 Å². The fraction of sp³-hybridized carbons (Fsp3) is 0.350. The summed E-state index contributed by atoms with van der Waals surface area (Å²) in [6.07, 6.45) is 0.881. The largest absolute Gasteiger partial charge is 0.733 e. The van der Waals surface area contributed by atoms with Gasteiger partial charge in [0.2, 0.25) is 0 Å².